The molecule has 30 valence electrons. The smallest absolute Gasteiger partial charge is 0 e. The Bertz CT molecular complexity index is 6.00. The van der Waals surface area contributed by atoms with Crippen LogP contribution in [0.4, 0.5) is 0 Å². The minimum absolute atomic E-state index is 0. The maximum Gasteiger partial charge on any atom is 0 e. The van der Waals surface area contributed by atoms with E-state index in [2.05, 4.69) is 11.3 Å². The summed E-state index contributed by atoms with van der Waals surface area (Å²) in [5, 5.41) is 0. The summed E-state index contributed by atoms with van der Waals surface area (Å²) in [4.78, 5) is 0. The van der Waals surface area contributed by atoms with Gasteiger partial charge in [0.25, 0.3) is 0 Å². The summed E-state index contributed by atoms with van der Waals surface area (Å²) in [5.41, 5.74) is 2.25. The quantitative estimate of drug-likeness (QED) is 0.425. The molecule has 0 heterocycles. The van der Waals surface area contributed by atoms with Crippen LogP contribution < -0.4 is 11.3 Å². The molecule has 0 amide bonds. The van der Waals surface area contributed by atoms with Crippen LogP contribution in [-0.4, -0.2) is 7.05 Å². The van der Waals surface area contributed by atoms with Gasteiger partial charge in [-0.3, -0.25) is 11.3 Å². The first kappa shape index (κ1) is 8.82. The number of nitrogens with one attached hydrogen (secondary N) is 1. The standard InChI is InChI=1S/CH6N2.Pt/c1-3-2;/h3H,2H2,1H3;. The number of rotatable bonds is 0. The van der Waals surface area contributed by atoms with Gasteiger partial charge in [0.1, 0.15) is 0 Å². The minimum atomic E-state index is 0. The fraction of sp³-hybridized carbons (Fsp3) is 1.00. The zero-order chi connectivity index (χ0) is 2.71. The molecule has 0 rings (SSSR count). The van der Waals surface area contributed by atoms with Gasteiger partial charge in [0.2, 0.25) is 0 Å². The van der Waals surface area contributed by atoms with E-state index < -0.39 is 0 Å². The largest absolute Gasteiger partial charge is 0.272 e. The van der Waals surface area contributed by atoms with Gasteiger partial charge in [-0.15, -0.1) is 0 Å². The average Bonchev–Trinajstić information content (AvgIpc) is 0.918. The van der Waals surface area contributed by atoms with Gasteiger partial charge in [-0.2, -0.15) is 0 Å². The molecular weight excluding hydrogens is 235 g/mol. The van der Waals surface area contributed by atoms with E-state index in [-0.39, 0.29) is 21.1 Å². The molecule has 3 heteroatoms. The Balaban J connectivity index is 0. The van der Waals surface area contributed by atoms with Crippen molar-refractivity contribution >= 4 is 0 Å². The molecule has 0 saturated heterocycles. The fourth-order valence-corrected chi connectivity index (χ4v) is 0. The van der Waals surface area contributed by atoms with Gasteiger partial charge in [0.15, 0.2) is 0 Å². The molecule has 0 aliphatic rings. The van der Waals surface area contributed by atoms with Crippen LogP contribution in [0.25, 0.3) is 0 Å². The molecule has 0 fully saturated rings. The van der Waals surface area contributed by atoms with E-state index >= 15 is 0 Å². The van der Waals surface area contributed by atoms with E-state index in [9.17, 15) is 0 Å². The zero-order valence-corrected chi connectivity index (χ0v) is 4.67. The van der Waals surface area contributed by atoms with Crippen molar-refractivity contribution in [1.29, 1.82) is 0 Å². The van der Waals surface area contributed by atoms with Gasteiger partial charge in [0.05, 0.1) is 0 Å². The minimum Gasteiger partial charge on any atom is -0.272 e. The molecule has 0 bridgehead atoms. The van der Waals surface area contributed by atoms with E-state index in [1.54, 1.807) is 7.05 Å². The van der Waals surface area contributed by atoms with Crippen molar-refractivity contribution in [3.8, 4) is 0 Å². The summed E-state index contributed by atoms with van der Waals surface area (Å²) in [6.45, 7) is 0. The van der Waals surface area contributed by atoms with E-state index in [0.29, 0.717) is 0 Å². The molecule has 2 nitrogen and oxygen atoms in total. The second kappa shape index (κ2) is 9.49. The van der Waals surface area contributed by atoms with Crippen LogP contribution >= 0.6 is 0 Å². The van der Waals surface area contributed by atoms with Crippen molar-refractivity contribution in [3.05, 3.63) is 0 Å². The van der Waals surface area contributed by atoms with Crippen molar-refractivity contribution in [2.75, 3.05) is 7.05 Å². The first-order valence-electron chi connectivity index (χ1n) is 0.789. The van der Waals surface area contributed by atoms with Crippen molar-refractivity contribution in [2.45, 2.75) is 0 Å². The Hall–Kier alpha value is 0.608. The van der Waals surface area contributed by atoms with E-state index in [1.165, 1.54) is 0 Å². The third-order valence-electron chi connectivity index (χ3n) is 0. The molecule has 0 aromatic carbocycles. The summed E-state index contributed by atoms with van der Waals surface area (Å²) < 4.78 is 0. The molecule has 0 unspecified atom stereocenters. The van der Waals surface area contributed by atoms with Gasteiger partial charge >= 0.3 is 0 Å². The summed E-state index contributed by atoms with van der Waals surface area (Å²) in [7, 11) is 1.65. The molecule has 4 heavy (non-hydrogen) atoms. The summed E-state index contributed by atoms with van der Waals surface area (Å²) in [6.07, 6.45) is 0. The molecule has 0 radical (unpaired) electrons. The summed E-state index contributed by atoms with van der Waals surface area (Å²) in [6, 6.07) is 0. The number of nitrogens with two attached hydrogens (primary N) is 1. The van der Waals surface area contributed by atoms with Gasteiger partial charge in [-0.1, -0.05) is 0 Å². The van der Waals surface area contributed by atoms with Crippen LogP contribution in [0.15, 0.2) is 0 Å². The Kier molecular flexibility index (Phi) is 20.9. The number of hydrogen-bond acceptors (Lipinski definition) is 2. The predicted molar refractivity (Wildman–Crippen MR) is 13.2 cm³/mol. The van der Waals surface area contributed by atoms with Crippen LogP contribution in [0.2, 0.25) is 0 Å². The molecular formula is CH6N2Pt. The van der Waals surface area contributed by atoms with Crippen molar-refractivity contribution in [1.82, 2.24) is 5.43 Å². The molecule has 0 spiro atoms. The van der Waals surface area contributed by atoms with Crippen LogP contribution in [-0.2, 0) is 21.1 Å². The second-order valence-corrected chi connectivity index (χ2v) is 0.289. The van der Waals surface area contributed by atoms with Crippen molar-refractivity contribution in [3.63, 3.8) is 0 Å². The second-order valence-electron chi connectivity index (χ2n) is 0.289. The molecule has 0 aliphatic heterocycles. The van der Waals surface area contributed by atoms with Crippen LogP contribution in [0.1, 0.15) is 0 Å². The van der Waals surface area contributed by atoms with E-state index in [1.807, 2.05) is 0 Å². The first-order valence-corrected chi connectivity index (χ1v) is 0.789. The predicted octanol–water partition coefficient (Wildman–Crippen LogP) is -0.923. The van der Waals surface area contributed by atoms with Crippen molar-refractivity contribution < 1.29 is 21.1 Å². The Morgan fingerprint density at radius 1 is 1.75 bits per heavy atom. The Labute approximate surface area is 40.0 Å². The number of hydrazine groups is 1. The van der Waals surface area contributed by atoms with Gasteiger partial charge < -0.3 is 0 Å². The Morgan fingerprint density at radius 2 is 1.75 bits per heavy atom. The maximum absolute atomic E-state index is 4.60. The normalized spacial score (nSPS) is 4.50. The fourth-order valence-electron chi connectivity index (χ4n) is 0. The van der Waals surface area contributed by atoms with Crippen LogP contribution in [0.5, 0.6) is 0 Å². The van der Waals surface area contributed by atoms with Crippen molar-refractivity contribution in [2.24, 2.45) is 5.84 Å². The van der Waals surface area contributed by atoms with E-state index in [0.717, 1.165) is 0 Å². The third kappa shape index (κ3) is 18.2. The van der Waals surface area contributed by atoms with Gasteiger partial charge in [-0.05, 0) is 7.05 Å². The summed E-state index contributed by atoms with van der Waals surface area (Å²) >= 11 is 0. The third-order valence-corrected chi connectivity index (χ3v) is 0. The molecule has 0 aromatic heterocycles. The molecule has 0 saturated carbocycles. The van der Waals surface area contributed by atoms with Gasteiger partial charge in [-0.25, -0.2) is 0 Å². The Morgan fingerprint density at radius 3 is 1.75 bits per heavy atom. The summed E-state index contributed by atoms with van der Waals surface area (Å²) in [5.74, 6) is 4.60. The zero-order valence-electron chi connectivity index (χ0n) is 2.39. The number of hydrogen-bond donors (Lipinski definition) is 2. The molecule has 3 N–H and O–H groups in total. The van der Waals surface area contributed by atoms with Crippen LogP contribution in [0, 0.1) is 0 Å². The molecule has 0 aliphatic carbocycles. The maximum atomic E-state index is 4.60. The first-order chi connectivity index (χ1) is 1.41. The van der Waals surface area contributed by atoms with E-state index in [4.69, 9.17) is 0 Å². The van der Waals surface area contributed by atoms with Crippen LogP contribution in [0.3, 0.4) is 0 Å². The molecule has 0 aromatic rings. The SMILES string of the molecule is CNN.[Pt]. The average molecular weight is 241 g/mol. The van der Waals surface area contributed by atoms with Gasteiger partial charge in [0, 0.05) is 21.1 Å². The molecule has 0 atom stereocenters. The topological polar surface area (TPSA) is 38.0 Å². The monoisotopic (exact) mass is 241 g/mol.